The summed E-state index contributed by atoms with van der Waals surface area (Å²) in [6.07, 6.45) is 1.09. The molecule has 0 aliphatic carbocycles. The van der Waals surface area contributed by atoms with E-state index in [4.69, 9.17) is 0 Å². The molecule has 0 saturated carbocycles. The van der Waals surface area contributed by atoms with Crippen molar-refractivity contribution in [3.63, 3.8) is 0 Å². The van der Waals surface area contributed by atoms with Crippen LogP contribution in [0.1, 0.15) is 18.0 Å². The highest BCUT2D eigenvalue weighted by Gasteiger charge is 2.08. The van der Waals surface area contributed by atoms with Crippen LogP contribution in [0.25, 0.3) is 11.1 Å². The Hall–Kier alpha value is -1.64. The van der Waals surface area contributed by atoms with E-state index in [9.17, 15) is 0 Å². The largest absolute Gasteiger partial charge is 0.320 e. The van der Waals surface area contributed by atoms with Crippen molar-refractivity contribution < 1.29 is 0 Å². The van der Waals surface area contributed by atoms with Crippen LogP contribution in [0.4, 0.5) is 0 Å². The van der Waals surface area contributed by atoms with Crippen molar-refractivity contribution in [1.82, 2.24) is 10.6 Å². The van der Waals surface area contributed by atoms with Gasteiger partial charge in [-0.2, -0.15) is 0 Å². The van der Waals surface area contributed by atoms with Gasteiger partial charge in [0.2, 0.25) is 0 Å². The average molecular weight is 254 g/mol. The van der Waals surface area contributed by atoms with Crippen LogP contribution in [0.15, 0.2) is 54.6 Å². The van der Waals surface area contributed by atoms with Crippen LogP contribution < -0.4 is 10.6 Å². The molecule has 2 nitrogen and oxygen atoms in total. The van der Waals surface area contributed by atoms with Crippen LogP contribution >= 0.6 is 0 Å². The number of hydrogen-bond acceptors (Lipinski definition) is 2. The maximum Gasteiger partial charge on any atom is 0.0329 e. The summed E-state index contributed by atoms with van der Waals surface area (Å²) in [6, 6.07) is 19.8. The minimum atomic E-state index is 0.414. The first-order valence-corrected chi connectivity index (χ1v) is 6.82. The normalized spacial score (nSPS) is 12.3. The number of hydrogen-bond donors (Lipinski definition) is 2. The van der Waals surface area contributed by atoms with Crippen LogP contribution in [0.2, 0.25) is 0 Å². The van der Waals surface area contributed by atoms with Crippen LogP contribution in [0, 0.1) is 0 Å². The lowest BCUT2D eigenvalue weighted by atomic mass is 9.99. The Morgan fingerprint density at radius 1 is 0.842 bits per heavy atom. The summed E-state index contributed by atoms with van der Waals surface area (Å²) in [4.78, 5) is 0. The molecule has 0 spiro atoms. The zero-order chi connectivity index (χ0) is 13.5. The maximum absolute atomic E-state index is 3.37. The summed E-state index contributed by atoms with van der Waals surface area (Å²) >= 11 is 0. The highest BCUT2D eigenvalue weighted by molar-refractivity contribution is 5.63. The molecule has 19 heavy (non-hydrogen) atoms. The van der Waals surface area contributed by atoms with E-state index in [0.717, 1.165) is 13.0 Å². The van der Waals surface area contributed by atoms with Crippen molar-refractivity contribution in [3.8, 4) is 11.1 Å². The van der Waals surface area contributed by atoms with E-state index in [1.54, 1.807) is 0 Å². The van der Waals surface area contributed by atoms with Crippen LogP contribution in [0.3, 0.4) is 0 Å². The van der Waals surface area contributed by atoms with Crippen molar-refractivity contribution >= 4 is 0 Å². The molecule has 100 valence electrons. The molecule has 0 bridgehead atoms. The Labute approximate surface area is 115 Å². The Morgan fingerprint density at radius 2 is 1.47 bits per heavy atom. The summed E-state index contributed by atoms with van der Waals surface area (Å²) in [5.41, 5.74) is 3.88. The molecule has 0 fully saturated rings. The highest BCUT2D eigenvalue weighted by Crippen LogP contribution is 2.22. The third-order valence-corrected chi connectivity index (χ3v) is 3.45. The molecule has 2 rings (SSSR count). The van der Waals surface area contributed by atoms with Gasteiger partial charge in [-0.1, -0.05) is 54.6 Å². The lowest BCUT2D eigenvalue weighted by molar-refractivity contribution is 0.533. The van der Waals surface area contributed by atoms with Gasteiger partial charge in [0.05, 0.1) is 0 Å². The summed E-state index contributed by atoms with van der Waals surface area (Å²) in [5, 5.41) is 6.57. The number of nitrogens with one attached hydrogen (secondary N) is 2. The van der Waals surface area contributed by atoms with Gasteiger partial charge in [-0.05, 0) is 43.8 Å². The first-order chi connectivity index (χ1) is 9.35. The van der Waals surface area contributed by atoms with Gasteiger partial charge in [0.1, 0.15) is 0 Å². The van der Waals surface area contributed by atoms with Crippen LogP contribution in [0.5, 0.6) is 0 Å². The Balaban J connectivity index is 2.13. The zero-order valence-electron chi connectivity index (χ0n) is 11.7. The van der Waals surface area contributed by atoms with Gasteiger partial charge in [-0.15, -0.1) is 0 Å². The van der Waals surface area contributed by atoms with Crippen molar-refractivity contribution in [2.75, 3.05) is 20.6 Å². The molecule has 0 aliphatic rings. The van der Waals surface area contributed by atoms with Crippen LogP contribution in [-0.2, 0) is 0 Å². The smallest absolute Gasteiger partial charge is 0.0329 e. The maximum atomic E-state index is 3.37. The van der Waals surface area contributed by atoms with Crippen molar-refractivity contribution in [3.05, 3.63) is 60.2 Å². The minimum Gasteiger partial charge on any atom is -0.320 e. The second kappa shape index (κ2) is 7.07. The summed E-state index contributed by atoms with van der Waals surface area (Å²) < 4.78 is 0. The predicted octanol–water partition coefficient (Wildman–Crippen LogP) is 3.22. The Bertz CT molecular complexity index is 476. The quantitative estimate of drug-likeness (QED) is 0.827. The number of rotatable bonds is 6. The van der Waals surface area contributed by atoms with Crippen molar-refractivity contribution in [2.24, 2.45) is 0 Å². The van der Waals surface area contributed by atoms with Gasteiger partial charge in [-0.3, -0.25) is 0 Å². The van der Waals surface area contributed by atoms with Gasteiger partial charge in [0.25, 0.3) is 0 Å². The lowest BCUT2D eigenvalue weighted by Crippen LogP contribution is -2.21. The fourth-order valence-corrected chi connectivity index (χ4v) is 2.30. The lowest BCUT2D eigenvalue weighted by Gasteiger charge is -2.16. The molecule has 2 aromatic carbocycles. The molecule has 0 aromatic heterocycles. The average Bonchev–Trinajstić information content (AvgIpc) is 2.49. The summed E-state index contributed by atoms with van der Waals surface area (Å²) in [7, 11) is 4.01. The molecule has 1 unspecified atom stereocenters. The van der Waals surface area contributed by atoms with E-state index in [2.05, 4.69) is 59.2 Å². The van der Waals surface area contributed by atoms with Crippen molar-refractivity contribution in [2.45, 2.75) is 12.5 Å². The van der Waals surface area contributed by atoms with Gasteiger partial charge in [-0.25, -0.2) is 0 Å². The van der Waals surface area contributed by atoms with Crippen molar-refractivity contribution in [1.29, 1.82) is 0 Å². The standard InChI is InChI=1S/C17H22N2/c1-18-13-12-17(19-2)16-10-8-15(9-11-16)14-6-4-3-5-7-14/h3-11,17-19H,12-13H2,1-2H3. The summed E-state index contributed by atoms with van der Waals surface area (Å²) in [5.74, 6) is 0. The van der Waals surface area contributed by atoms with E-state index in [-0.39, 0.29) is 0 Å². The van der Waals surface area contributed by atoms with E-state index < -0.39 is 0 Å². The molecular weight excluding hydrogens is 232 g/mol. The first-order valence-electron chi connectivity index (χ1n) is 6.82. The molecule has 0 radical (unpaired) electrons. The molecule has 0 amide bonds. The van der Waals surface area contributed by atoms with Crippen LogP contribution in [-0.4, -0.2) is 20.6 Å². The fraction of sp³-hybridized carbons (Fsp3) is 0.294. The van der Waals surface area contributed by atoms with Gasteiger partial charge >= 0.3 is 0 Å². The SMILES string of the molecule is CNCCC(NC)c1ccc(-c2ccccc2)cc1. The molecule has 0 heterocycles. The third kappa shape index (κ3) is 3.66. The first kappa shape index (κ1) is 13.8. The zero-order valence-corrected chi connectivity index (χ0v) is 11.7. The second-order valence-electron chi connectivity index (χ2n) is 4.72. The molecular formula is C17H22N2. The molecule has 2 heteroatoms. The molecule has 0 aliphatic heterocycles. The Morgan fingerprint density at radius 3 is 2.05 bits per heavy atom. The van der Waals surface area contributed by atoms with E-state index >= 15 is 0 Å². The van der Waals surface area contributed by atoms with E-state index in [1.165, 1.54) is 16.7 Å². The molecule has 1 atom stereocenters. The Kier molecular flexibility index (Phi) is 5.13. The second-order valence-corrected chi connectivity index (χ2v) is 4.72. The molecule has 0 saturated heterocycles. The van der Waals surface area contributed by atoms with Gasteiger partial charge < -0.3 is 10.6 Å². The van der Waals surface area contributed by atoms with Gasteiger partial charge in [0.15, 0.2) is 0 Å². The third-order valence-electron chi connectivity index (χ3n) is 3.45. The molecule has 2 N–H and O–H groups in total. The molecule has 2 aromatic rings. The van der Waals surface area contributed by atoms with E-state index in [1.807, 2.05) is 20.2 Å². The monoisotopic (exact) mass is 254 g/mol. The van der Waals surface area contributed by atoms with Gasteiger partial charge in [0, 0.05) is 6.04 Å². The highest BCUT2D eigenvalue weighted by atomic mass is 14.9. The minimum absolute atomic E-state index is 0.414. The number of benzene rings is 2. The fourth-order valence-electron chi connectivity index (χ4n) is 2.30. The summed E-state index contributed by atoms with van der Waals surface area (Å²) in [6.45, 7) is 1.02. The topological polar surface area (TPSA) is 24.1 Å². The predicted molar refractivity (Wildman–Crippen MR) is 82.2 cm³/mol. The van der Waals surface area contributed by atoms with E-state index in [0.29, 0.717) is 6.04 Å².